The zero-order valence-electron chi connectivity index (χ0n) is 15.8. The average molecular weight is 403 g/mol. The summed E-state index contributed by atoms with van der Waals surface area (Å²) in [6, 6.07) is 2.44. The van der Waals surface area contributed by atoms with E-state index in [4.69, 9.17) is 0 Å². The number of rotatable bonds is 9. The molecule has 1 aliphatic rings. The minimum atomic E-state index is -3.67. The lowest BCUT2D eigenvalue weighted by atomic mass is 10.1. The quantitative estimate of drug-likeness (QED) is 0.639. The second kappa shape index (κ2) is 9.80. The Morgan fingerprint density at radius 3 is 2.42 bits per heavy atom. The zero-order chi connectivity index (χ0) is 19.2. The molecule has 0 aromatic carbocycles. The number of nitrogens with one attached hydrogen (secondary N) is 2. The molecule has 9 heteroatoms. The molecule has 1 aromatic heterocycles. The van der Waals surface area contributed by atoms with Crippen molar-refractivity contribution in [2.45, 2.75) is 31.0 Å². The fraction of sp³-hybridized carbons (Fsp3) is 0.706. The van der Waals surface area contributed by atoms with Gasteiger partial charge in [-0.25, -0.2) is 8.42 Å². The maximum Gasteiger partial charge on any atom is 0.250 e. The average Bonchev–Trinajstić information content (AvgIpc) is 3.15. The van der Waals surface area contributed by atoms with Gasteiger partial charge in [-0.15, -0.1) is 11.3 Å². The molecule has 26 heavy (non-hydrogen) atoms. The van der Waals surface area contributed by atoms with E-state index in [1.54, 1.807) is 11.4 Å². The predicted molar refractivity (Wildman–Crippen MR) is 105 cm³/mol. The first-order valence-electron chi connectivity index (χ1n) is 9.11. The molecule has 2 heterocycles. The second-order valence-corrected chi connectivity index (χ2v) is 9.73. The lowest BCUT2D eigenvalue weighted by Crippen LogP contribution is -2.52. The van der Waals surface area contributed by atoms with Crippen LogP contribution in [0, 0.1) is 5.92 Å². The molecule has 2 N–H and O–H groups in total. The molecule has 1 fully saturated rings. The van der Waals surface area contributed by atoms with E-state index in [1.807, 2.05) is 13.8 Å². The molecule has 1 aromatic rings. The van der Waals surface area contributed by atoms with Gasteiger partial charge in [0, 0.05) is 39.3 Å². The molecule has 0 radical (unpaired) electrons. The second-order valence-electron chi connectivity index (χ2n) is 6.84. The third-order valence-electron chi connectivity index (χ3n) is 4.63. The Labute approximate surface area is 160 Å². The van der Waals surface area contributed by atoms with E-state index >= 15 is 0 Å². The van der Waals surface area contributed by atoms with Gasteiger partial charge in [-0.3, -0.25) is 9.69 Å². The van der Waals surface area contributed by atoms with E-state index in [0.717, 1.165) is 50.6 Å². The summed E-state index contributed by atoms with van der Waals surface area (Å²) in [5.74, 6) is -0.412. The van der Waals surface area contributed by atoms with Crippen molar-refractivity contribution in [3.63, 3.8) is 0 Å². The van der Waals surface area contributed by atoms with E-state index in [9.17, 15) is 13.2 Å². The molecule has 1 atom stereocenters. The maximum absolute atomic E-state index is 12.5. The number of amides is 1. The van der Waals surface area contributed by atoms with Crippen LogP contribution in [0.2, 0.25) is 0 Å². The summed E-state index contributed by atoms with van der Waals surface area (Å²) < 4.78 is 27.6. The largest absolute Gasteiger partial charge is 0.353 e. The molecule has 1 saturated heterocycles. The van der Waals surface area contributed by atoms with Crippen molar-refractivity contribution < 1.29 is 13.2 Å². The Hall–Kier alpha value is -1.00. The first kappa shape index (κ1) is 21.3. The minimum absolute atomic E-state index is 0.141. The van der Waals surface area contributed by atoms with Gasteiger partial charge >= 0.3 is 0 Å². The number of hydrogen-bond donors (Lipinski definition) is 2. The first-order valence-corrected chi connectivity index (χ1v) is 11.5. The number of piperazine rings is 1. The Morgan fingerprint density at radius 2 is 1.88 bits per heavy atom. The van der Waals surface area contributed by atoms with Crippen molar-refractivity contribution in [2.75, 3.05) is 45.8 Å². The van der Waals surface area contributed by atoms with E-state index in [2.05, 4.69) is 26.8 Å². The van der Waals surface area contributed by atoms with Crippen molar-refractivity contribution in [2.24, 2.45) is 5.92 Å². The summed E-state index contributed by atoms with van der Waals surface area (Å²) >= 11 is 1.14. The summed E-state index contributed by atoms with van der Waals surface area (Å²) in [6.07, 6.45) is 0. The predicted octanol–water partition coefficient (Wildman–Crippen LogP) is 0.805. The number of likely N-dealkylation sites (N-methyl/N-ethyl adjacent to an activating group) is 1. The Morgan fingerprint density at radius 1 is 1.23 bits per heavy atom. The fourth-order valence-corrected chi connectivity index (χ4v) is 5.26. The summed E-state index contributed by atoms with van der Waals surface area (Å²) in [5, 5.41) is 4.59. The molecule has 2 rings (SSSR count). The number of thiophene rings is 1. The van der Waals surface area contributed by atoms with Crippen LogP contribution < -0.4 is 10.0 Å². The van der Waals surface area contributed by atoms with Crippen LogP contribution in [0.5, 0.6) is 0 Å². The highest BCUT2D eigenvalue weighted by molar-refractivity contribution is 7.91. The number of nitrogens with zero attached hydrogens (tertiary/aromatic N) is 2. The monoisotopic (exact) mass is 402 g/mol. The molecular formula is C17H30N4O3S2. The van der Waals surface area contributed by atoms with E-state index in [0.29, 0.717) is 6.54 Å². The van der Waals surface area contributed by atoms with Gasteiger partial charge in [-0.2, -0.15) is 4.72 Å². The molecule has 0 bridgehead atoms. The minimum Gasteiger partial charge on any atom is -0.353 e. The van der Waals surface area contributed by atoms with Crippen molar-refractivity contribution in [1.82, 2.24) is 19.8 Å². The smallest absolute Gasteiger partial charge is 0.250 e. The van der Waals surface area contributed by atoms with E-state index in [1.165, 1.54) is 6.07 Å². The Balaban J connectivity index is 1.83. The van der Waals surface area contributed by atoms with Gasteiger partial charge in [-0.1, -0.05) is 26.8 Å². The third kappa shape index (κ3) is 6.02. The lowest BCUT2D eigenvalue weighted by Gasteiger charge is -2.34. The Bertz CT molecular complexity index is 654. The highest BCUT2D eigenvalue weighted by atomic mass is 32.2. The van der Waals surface area contributed by atoms with Crippen LogP contribution in [0.25, 0.3) is 0 Å². The SMILES string of the molecule is CCN1CCN(CCNC(=O)[C@@H](NS(=O)(=O)c2cccs2)C(C)C)CC1. The van der Waals surface area contributed by atoms with Gasteiger partial charge in [0.15, 0.2) is 0 Å². The molecule has 0 spiro atoms. The van der Waals surface area contributed by atoms with Crippen LogP contribution in [-0.4, -0.2) is 76.0 Å². The van der Waals surface area contributed by atoms with E-state index in [-0.39, 0.29) is 16.0 Å². The van der Waals surface area contributed by atoms with Crippen molar-refractivity contribution in [1.29, 1.82) is 0 Å². The molecular weight excluding hydrogens is 372 g/mol. The molecule has 0 aliphatic carbocycles. The molecule has 148 valence electrons. The van der Waals surface area contributed by atoms with Crippen LogP contribution >= 0.6 is 11.3 Å². The van der Waals surface area contributed by atoms with Gasteiger partial charge in [0.1, 0.15) is 10.3 Å². The van der Waals surface area contributed by atoms with Gasteiger partial charge in [-0.05, 0) is 23.9 Å². The molecule has 7 nitrogen and oxygen atoms in total. The highest BCUT2D eigenvalue weighted by Crippen LogP contribution is 2.17. The maximum atomic E-state index is 12.5. The van der Waals surface area contributed by atoms with Crippen molar-refractivity contribution in [3.05, 3.63) is 17.5 Å². The topological polar surface area (TPSA) is 81.8 Å². The van der Waals surface area contributed by atoms with Gasteiger partial charge in [0.05, 0.1) is 0 Å². The lowest BCUT2D eigenvalue weighted by molar-refractivity contribution is -0.123. The summed E-state index contributed by atoms with van der Waals surface area (Å²) in [4.78, 5) is 17.2. The Kier molecular flexibility index (Phi) is 8.03. The summed E-state index contributed by atoms with van der Waals surface area (Å²) in [6.45, 7) is 12.3. The number of carbonyl (C=O) groups is 1. The fourth-order valence-electron chi connectivity index (χ4n) is 2.91. The number of sulfonamides is 1. The van der Waals surface area contributed by atoms with Crippen LogP contribution in [0.1, 0.15) is 20.8 Å². The molecule has 0 unspecified atom stereocenters. The highest BCUT2D eigenvalue weighted by Gasteiger charge is 2.28. The van der Waals surface area contributed by atoms with Gasteiger partial charge in [0.25, 0.3) is 10.0 Å². The first-order chi connectivity index (χ1) is 12.3. The standard InChI is InChI=1S/C17H30N4O3S2/c1-4-20-9-11-21(12-10-20)8-7-18-17(22)16(14(2)3)19-26(23,24)15-6-5-13-25-15/h5-6,13-14,16,19H,4,7-12H2,1-3H3,(H,18,22)/t16-/m0/s1. The third-order valence-corrected chi connectivity index (χ3v) is 7.47. The van der Waals surface area contributed by atoms with Crippen LogP contribution in [0.4, 0.5) is 0 Å². The molecule has 1 amide bonds. The summed E-state index contributed by atoms with van der Waals surface area (Å²) in [7, 11) is -3.67. The zero-order valence-corrected chi connectivity index (χ0v) is 17.4. The number of hydrogen-bond acceptors (Lipinski definition) is 6. The van der Waals surface area contributed by atoms with Crippen LogP contribution in [0.15, 0.2) is 21.7 Å². The van der Waals surface area contributed by atoms with E-state index < -0.39 is 16.1 Å². The number of carbonyl (C=O) groups excluding carboxylic acids is 1. The van der Waals surface area contributed by atoms with Gasteiger partial charge in [0.2, 0.25) is 5.91 Å². The van der Waals surface area contributed by atoms with Crippen molar-refractivity contribution in [3.8, 4) is 0 Å². The molecule has 1 aliphatic heterocycles. The van der Waals surface area contributed by atoms with Gasteiger partial charge < -0.3 is 10.2 Å². The van der Waals surface area contributed by atoms with Crippen LogP contribution in [-0.2, 0) is 14.8 Å². The molecule has 0 saturated carbocycles. The summed E-state index contributed by atoms with van der Waals surface area (Å²) in [5.41, 5.74) is 0. The van der Waals surface area contributed by atoms with Crippen molar-refractivity contribution >= 4 is 27.3 Å². The van der Waals surface area contributed by atoms with Crippen LogP contribution in [0.3, 0.4) is 0 Å². The normalized spacial score (nSPS) is 18.2.